The van der Waals surface area contributed by atoms with Crippen LogP contribution >= 0.6 is 11.8 Å². The van der Waals surface area contributed by atoms with E-state index in [1.807, 2.05) is 36.4 Å². The van der Waals surface area contributed by atoms with Crippen LogP contribution in [0.1, 0.15) is 50.2 Å². The quantitative estimate of drug-likeness (QED) is 0.279. The van der Waals surface area contributed by atoms with Gasteiger partial charge in [0.15, 0.2) is 4.75 Å². The number of likely N-dealkylation sites (tertiary alicyclic amines) is 1. The minimum atomic E-state index is -0.821. The molecule has 0 unspecified atom stereocenters. The van der Waals surface area contributed by atoms with E-state index in [0.717, 1.165) is 40.7 Å². The van der Waals surface area contributed by atoms with Crippen LogP contribution < -0.4 is 0 Å². The van der Waals surface area contributed by atoms with Gasteiger partial charge in [0.1, 0.15) is 13.2 Å². The monoisotopic (exact) mass is 426 g/mol. The number of quaternary nitrogens is 1. The van der Waals surface area contributed by atoms with Crippen molar-refractivity contribution in [2.45, 2.75) is 43.8 Å². The first kappa shape index (κ1) is 22.9. The predicted molar refractivity (Wildman–Crippen MR) is 127 cm³/mol. The molecule has 2 aromatic carbocycles. The maximum atomic E-state index is 13.8. The highest BCUT2D eigenvalue weighted by Crippen LogP contribution is 2.44. The molecule has 3 rings (SSSR count). The number of benzene rings is 2. The van der Waals surface area contributed by atoms with Gasteiger partial charge in [-0.2, -0.15) is 0 Å². The van der Waals surface area contributed by atoms with E-state index in [9.17, 15) is 4.79 Å². The Hall–Kier alpha value is -1.78. The molecule has 0 atom stereocenters. The van der Waals surface area contributed by atoms with Crippen LogP contribution in [0.25, 0.3) is 0 Å². The van der Waals surface area contributed by atoms with Gasteiger partial charge in [0.25, 0.3) is 0 Å². The first-order valence-electron chi connectivity index (χ1n) is 11.4. The molecule has 30 heavy (non-hydrogen) atoms. The molecule has 0 aromatic heterocycles. The molecule has 3 nitrogen and oxygen atoms in total. The summed E-state index contributed by atoms with van der Waals surface area (Å²) >= 11 is 1.71. The zero-order valence-corrected chi connectivity index (χ0v) is 19.3. The molecule has 162 valence electrons. The predicted octanol–water partition coefficient (Wildman–Crippen LogP) is 5.64. The topological polar surface area (TPSA) is 26.3 Å². The van der Waals surface area contributed by atoms with Gasteiger partial charge < -0.3 is 9.22 Å². The number of thioether (sulfide) groups is 1. The fourth-order valence-electron chi connectivity index (χ4n) is 4.30. The van der Waals surface area contributed by atoms with Crippen LogP contribution in [0.5, 0.6) is 0 Å². The third-order valence-corrected chi connectivity index (χ3v) is 7.79. The highest BCUT2D eigenvalue weighted by atomic mass is 32.2. The lowest BCUT2D eigenvalue weighted by Gasteiger charge is -2.38. The second-order valence-electron chi connectivity index (χ2n) is 8.60. The fraction of sp³-hybridized carbons (Fsp3) is 0.500. The molecular formula is C26H36NO2S+. The summed E-state index contributed by atoms with van der Waals surface area (Å²) in [5, 5.41) is 0. The van der Waals surface area contributed by atoms with E-state index in [-0.39, 0.29) is 5.97 Å². The van der Waals surface area contributed by atoms with Crippen molar-refractivity contribution in [3.05, 3.63) is 71.8 Å². The number of ether oxygens (including phenoxy) is 1. The van der Waals surface area contributed by atoms with Gasteiger partial charge in [-0.15, -0.1) is 11.8 Å². The van der Waals surface area contributed by atoms with Crippen LogP contribution in [0, 0.1) is 0 Å². The van der Waals surface area contributed by atoms with Crippen LogP contribution in [0.4, 0.5) is 0 Å². The van der Waals surface area contributed by atoms with E-state index in [1.54, 1.807) is 11.8 Å². The Labute approximate surface area is 186 Å². The first-order chi connectivity index (χ1) is 14.6. The van der Waals surface area contributed by atoms with Crippen molar-refractivity contribution in [1.29, 1.82) is 0 Å². The van der Waals surface area contributed by atoms with Crippen LogP contribution in [-0.4, -0.2) is 49.5 Å². The molecule has 2 aromatic rings. The van der Waals surface area contributed by atoms with Crippen molar-refractivity contribution in [2.24, 2.45) is 0 Å². The largest absolute Gasteiger partial charge is 0.458 e. The molecule has 1 aliphatic heterocycles. The molecule has 4 heteroatoms. The van der Waals surface area contributed by atoms with Gasteiger partial charge in [-0.05, 0) is 42.6 Å². The van der Waals surface area contributed by atoms with E-state index in [4.69, 9.17) is 4.74 Å². The van der Waals surface area contributed by atoms with E-state index in [2.05, 4.69) is 38.2 Å². The van der Waals surface area contributed by atoms with E-state index >= 15 is 0 Å². The fourth-order valence-corrected chi connectivity index (χ4v) is 5.82. The van der Waals surface area contributed by atoms with Crippen molar-refractivity contribution < 1.29 is 14.0 Å². The number of esters is 1. The van der Waals surface area contributed by atoms with Gasteiger partial charge in [0.2, 0.25) is 0 Å². The normalized spacial score (nSPS) is 16.2. The van der Waals surface area contributed by atoms with Gasteiger partial charge in [-0.25, -0.2) is 4.79 Å². The SMILES string of the molecule is CCCCSC(C(=O)OCC[N+]1(C)CCCCC1)(c1ccccc1)c1ccccc1. The molecule has 0 spiro atoms. The number of carbonyl (C=O) groups excluding carboxylic acids is 1. The van der Waals surface area contributed by atoms with Crippen LogP contribution in [0.2, 0.25) is 0 Å². The summed E-state index contributed by atoms with van der Waals surface area (Å²) < 4.78 is 6.23. The van der Waals surface area contributed by atoms with Crippen LogP contribution in [0.3, 0.4) is 0 Å². The average molecular weight is 427 g/mol. The zero-order valence-electron chi connectivity index (χ0n) is 18.5. The lowest BCUT2D eigenvalue weighted by molar-refractivity contribution is -0.914. The molecule has 0 bridgehead atoms. The molecule has 0 N–H and O–H groups in total. The number of piperidine rings is 1. The lowest BCUT2D eigenvalue weighted by Crippen LogP contribution is -2.50. The number of hydrogen-bond donors (Lipinski definition) is 0. The summed E-state index contributed by atoms with van der Waals surface area (Å²) in [7, 11) is 2.30. The molecule has 1 heterocycles. The van der Waals surface area contributed by atoms with Crippen molar-refractivity contribution in [3.63, 3.8) is 0 Å². The van der Waals surface area contributed by atoms with Gasteiger partial charge in [-0.3, -0.25) is 0 Å². The Morgan fingerprint density at radius 2 is 1.53 bits per heavy atom. The first-order valence-corrected chi connectivity index (χ1v) is 12.3. The van der Waals surface area contributed by atoms with E-state index < -0.39 is 4.75 Å². The molecule has 1 fully saturated rings. The number of likely N-dealkylation sites (N-methyl/N-ethyl adjacent to an activating group) is 1. The lowest BCUT2D eigenvalue weighted by atomic mass is 9.90. The second kappa shape index (κ2) is 11.0. The number of hydrogen-bond acceptors (Lipinski definition) is 3. The minimum Gasteiger partial charge on any atom is -0.458 e. The number of carbonyl (C=O) groups is 1. The number of nitrogens with zero attached hydrogens (tertiary/aromatic N) is 1. The van der Waals surface area contributed by atoms with Crippen molar-refractivity contribution in [2.75, 3.05) is 39.0 Å². The summed E-state index contributed by atoms with van der Waals surface area (Å²) in [6.45, 7) is 5.93. The van der Waals surface area contributed by atoms with Gasteiger partial charge in [0, 0.05) is 0 Å². The zero-order chi connectivity index (χ0) is 21.3. The van der Waals surface area contributed by atoms with Crippen molar-refractivity contribution in [3.8, 4) is 0 Å². The standard InChI is InChI=1S/C26H36NO2S/c1-3-4-22-30-26(23-14-8-5-9-15-23,24-16-10-6-11-17-24)25(28)29-21-20-27(2)18-12-7-13-19-27/h5-6,8-11,14-17H,3-4,7,12-13,18-22H2,1-2H3/q+1. The Morgan fingerprint density at radius 1 is 0.967 bits per heavy atom. The molecule has 0 radical (unpaired) electrons. The third-order valence-electron chi connectivity index (χ3n) is 6.22. The van der Waals surface area contributed by atoms with Gasteiger partial charge in [0.05, 0.1) is 20.1 Å². The second-order valence-corrected chi connectivity index (χ2v) is 9.91. The molecular weight excluding hydrogens is 390 g/mol. The molecule has 1 saturated heterocycles. The minimum absolute atomic E-state index is 0.135. The molecule has 0 aliphatic carbocycles. The molecule has 0 saturated carbocycles. The van der Waals surface area contributed by atoms with E-state index in [1.165, 1.54) is 32.4 Å². The van der Waals surface area contributed by atoms with Crippen molar-refractivity contribution >= 4 is 17.7 Å². The maximum Gasteiger partial charge on any atom is 0.331 e. The highest BCUT2D eigenvalue weighted by Gasteiger charge is 2.44. The third kappa shape index (κ3) is 5.47. The van der Waals surface area contributed by atoms with Crippen LogP contribution in [-0.2, 0) is 14.3 Å². The Balaban J connectivity index is 1.86. The number of rotatable bonds is 10. The average Bonchev–Trinajstić information content (AvgIpc) is 2.78. The summed E-state index contributed by atoms with van der Waals surface area (Å²) in [6.07, 6.45) is 6.06. The smallest absolute Gasteiger partial charge is 0.331 e. The highest BCUT2D eigenvalue weighted by molar-refractivity contribution is 8.01. The molecule has 1 aliphatic rings. The Bertz CT molecular complexity index is 733. The summed E-state index contributed by atoms with van der Waals surface area (Å²) in [4.78, 5) is 13.8. The van der Waals surface area contributed by atoms with E-state index in [0.29, 0.717) is 6.61 Å². The Kier molecular flexibility index (Phi) is 8.41. The van der Waals surface area contributed by atoms with Gasteiger partial charge >= 0.3 is 5.97 Å². The van der Waals surface area contributed by atoms with Crippen molar-refractivity contribution in [1.82, 2.24) is 0 Å². The molecule has 0 amide bonds. The van der Waals surface area contributed by atoms with Crippen LogP contribution in [0.15, 0.2) is 60.7 Å². The summed E-state index contributed by atoms with van der Waals surface area (Å²) in [5.41, 5.74) is 2.00. The van der Waals surface area contributed by atoms with Gasteiger partial charge in [-0.1, -0.05) is 74.0 Å². The Morgan fingerprint density at radius 3 is 2.07 bits per heavy atom. The maximum absolute atomic E-state index is 13.8. The summed E-state index contributed by atoms with van der Waals surface area (Å²) in [5.74, 6) is 0.785. The summed E-state index contributed by atoms with van der Waals surface area (Å²) in [6, 6.07) is 20.3. The number of unbranched alkanes of at least 4 members (excludes halogenated alkanes) is 1.